The Bertz CT molecular complexity index is 943. The van der Waals surface area contributed by atoms with Gasteiger partial charge in [-0.1, -0.05) is 13.8 Å². The molecule has 0 aliphatic carbocycles. The minimum atomic E-state index is 0.517. The van der Waals surface area contributed by atoms with Crippen LogP contribution in [-0.2, 0) is 0 Å². The van der Waals surface area contributed by atoms with E-state index in [2.05, 4.69) is 48.3 Å². The van der Waals surface area contributed by atoms with E-state index < -0.39 is 0 Å². The van der Waals surface area contributed by atoms with Gasteiger partial charge in [-0.05, 0) is 64.5 Å². The monoisotopic (exact) mass is 515 g/mol. The minimum Gasteiger partial charge on any atom is -0.493 e. The van der Waals surface area contributed by atoms with Crippen LogP contribution in [0.5, 0.6) is 17.2 Å². The van der Waals surface area contributed by atoms with E-state index >= 15 is 0 Å². The fourth-order valence-electron chi connectivity index (χ4n) is 3.43. The first-order valence-electron chi connectivity index (χ1n) is 12.7. The second kappa shape index (κ2) is 18.0. The first-order chi connectivity index (χ1) is 17.9. The molecule has 0 spiro atoms. The van der Waals surface area contributed by atoms with Crippen molar-refractivity contribution in [2.45, 2.75) is 46.1 Å². The Morgan fingerprint density at radius 3 is 2.27 bits per heavy atom. The zero-order valence-electron chi connectivity index (χ0n) is 23.5. The van der Waals surface area contributed by atoms with Crippen molar-refractivity contribution in [1.82, 2.24) is 4.90 Å². The number of carbonyl (C=O) groups is 1. The lowest BCUT2D eigenvalue weighted by Gasteiger charge is -2.22. The summed E-state index contributed by atoms with van der Waals surface area (Å²) in [7, 11) is 6.86. The Balaban J connectivity index is 0.000000649. The molecule has 0 radical (unpaired) electrons. The number of anilines is 2. The highest BCUT2D eigenvalue weighted by Gasteiger charge is 2.12. The largest absolute Gasteiger partial charge is 0.493 e. The number of hydrogen-bond acceptors (Lipinski definition) is 8. The number of hydrogen-bond donors (Lipinski definition) is 3. The van der Waals surface area contributed by atoms with E-state index in [1.807, 2.05) is 0 Å². The van der Waals surface area contributed by atoms with Gasteiger partial charge in [0.05, 0.1) is 39.0 Å². The number of aldehydes is 1. The highest BCUT2D eigenvalue weighted by Crippen LogP contribution is 2.39. The molecular weight excluding hydrogens is 470 g/mol. The number of aliphatic imine (C=N–C) groups is 1. The summed E-state index contributed by atoms with van der Waals surface area (Å²) in [6.07, 6.45) is 5.70. The summed E-state index contributed by atoms with van der Waals surface area (Å²) in [5.41, 5.74) is 8.29. The van der Waals surface area contributed by atoms with Crippen LogP contribution in [0.2, 0.25) is 0 Å². The van der Waals surface area contributed by atoms with Crippen LogP contribution in [0, 0.1) is 0 Å². The van der Waals surface area contributed by atoms with Gasteiger partial charge < -0.3 is 35.5 Å². The lowest BCUT2D eigenvalue weighted by molar-refractivity contribution is 0.112. The topological polar surface area (TPSA) is 110 Å². The van der Waals surface area contributed by atoms with E-state index in [1.54, 1.807) is 58.0 Å². The summed E-state index contributed by atoms with van der Waals surface area (Å²) in [6, 6.07) is 9.57. The molecule has 9 heteroatoms. The fraction of sp³-hybridized carbons (Fsp3) is 0.500. The molecule has 0 heterocycles. The zero-order chi connectivity index (χ0) is 27.6. The van der Waals surface area contributed by atoms with Crippen molar-refractivity contribution < 1.29 is 19.0 Å². The predicted octanol–water partition coefficient (Wildman–Crippen LogP) is 5.18. The number of ether oxygens (including phenoxy) is 3. The molecule has 37 heavy (non-hydrogen) atoms. The molecule has 0 aliphatic rings. The summed E-state index contributed by atoms with van der Waals surface area (Å²) in [5, 5.41) is 6.34. The lowest BCUT2D eigenvalue weighted by atomic mass is 10.2. The van der Waals surface area contributed by atoms with Crippen molar-refractivity contribution in [2.75, 3.05) is 58.6 Å². The summed E-state index contributed by atoms with van der Waals surface area (Å²) in [6.45, 7) is 9.24. The zero-order valence-corrected chi connectivity index (χ0v) is 23.5. The number of carbonyl (C=O) groups excluding carboxylic acids is 1. The molecule has 2 rings (SSSR count). The van der Waals surface area contributed by atoms with Crippen molar-refractivity contribution in [2.24, 2.45) is 10.7 Å². The van der Waals surface area contributed by atoms with Crippen molar-refractivity contribution in [1.29, 1.82) is 0 Å². The molecule has 206 valence electrons. The van der Waals surface area contributed by atoms with Crippen molar-refractivity contribution in [3.05, 3.63) is 35.9 Å². The summed E-state index contributed by atoms with van der Waals surface area (Å²) >= 11 is 0. The van der Waals surface area contributed by atoms with Crippen molar-refractivity contribution in [3.8, 4) is 17.2 Å². The molecule has 1 unspecified atom stereocenters. The molecule has 9 nitrogen and oxygen atoms in total. The number of nitrogens with zero attached hydrogens (tertiary/aromatic N) is 2. The Kier molecular flexibility index (Phi) is 15.5. The number of methoxy groups -OCH3 is 3. The molecule has 0 saturated heterocycles. The Hall–Kier alpha value is -3.30. The first kappa shape index (κ1) is 31.7. The maximum Gasteiger partial charge on any atom is 0.203 e. The van der Waals surface area contributed by atoms with Crippen molar-refractivity contribution in [3.63, 3.8) is 0 Å². The van der Waals surface area contributed by atoms with Gasteiger partial charge in [0.2, 0.25) is 5.75 Å². The Labute approximate surface area is 222 Å². The van der Waals surface area contributed by atoms with E-state index in [9.17, 15) is 4.79 Å². The van der Waals surface area contributed by atoms with Crippen molar-refractivity contribution >= 4 is 29.7 Å². The first-order valence-corrected chi connectivity index (χ1v) is 12.7. The summed E-state index contributed by atoms with van der Waals surface area (Å²) in [4.78, 5) is 17.9. The second-order valence-electron chi connectivity index (χ2n) is 8.52. The Morgan fingerprint density at radius 1 is 1.08 bits per heavy atom. The number of rotatable bonds is 15. The highest BCUT2D eigenvalue weighted by atomic mass is 16.5. The molecule has 2 aromatic rings. The van der Waals surface area contributed by atoms with E-state index in [0.717, 1.165) is 30.1 Å². The highest BCUT2D eigenvalue weighted by molar-refractivity contribution is 5.85. The molecule has 2 aromatic carbocycles. The van der Waals surface area contributed by atoms with Gasteiger partial charge in [0.25, 0.3) is 0 Å². The molecule has 0 amide bonds. The average molecular weight is 516 g/mol. The van der Waals surface area contributed by atoms with Crippen LogP contribution in [0.15, 0.2) is 35.3 Å². The SMILES string of the molecule is CCCN(C)C(C)CC.COc1cc(NC=Nc2ccc(C=O)cc2NCCCN)cc(OC)c1OC. The van der Waals surface area contributed by atoms with E-state index in [-0.39, 0.29) is 0 Å². The second-order valence-corrected chi connectivity index (χ2v) is 8.52. The smallest absolute Gasteiger partial charge is 0.203 e. The third-order valence-electron chi connectivity index (χ3n) is 5.87. The maximum absolute atomic E-state index is 11.0. The summed E-state index contributed by atoms with van der Waals surface area (Å²) in [5.74, 6) is 1.60. The van der Waals surface area contributed by atoms with Crippen LogP contribution in [0.1, 0.15) is 50.4 Å². The van der Waals surface area contributed by atoms with E-state index in [4.69, 9.17) is 19.9 Å². The number of nitrogens with two attached hydrogens (primary N) is 1. The molecule has 0 aliphatic heterocycles. The molecule has 0 saturated carbocycles. The van der Waals surface area contributed by atoms with Gasteiger partial charge in [-0.15, -0.1) is 0 Å². The predicted molar refractivity (Wildman–Crippen MR) is 155 cm³/mol. The van der Waals surface area contributed by atoms with Gasteiger partial charge >= 0.3 is 0 Å². The van der Waals surface area contributed by atoms with Crippen LogP contribution in [-0.4, -0.2) is 71.6 Å². The number of benzene rings is 2. The average Bonchev–Trinajstić information content (AvgIpc) is 2.93. The maximum atomic E-state index is 11.0. The van der Waals surface area contributed by atoms with Gasteiger partial charge in [0, 0.05) is 36.0 Å². The molecule has 4 N–H and O–H groups in total. The van der Waals surface area contributed by atoms with E-state index in [0.29, 0.717) is 41.6 Å². The van der Waals surface area contributed by atoms with Crippen LogP contribution in [0.3, 0.4) is 0 Å². The van der Waals surface area contributed by atoms with Gasteiger partial charge in [0.1, 0.15) is 6.29 Å². The quantitative estimate of drug-likeness (QED) is 0.129. The minimum absolute atomic E-state index is 0.517. The molecule has 0 bridgehead atoms. The normalized spacial score (nSPS) is 11.5. The third-order valence-corrected chi connectivity index (χ3v) is 5.87. The standard InChI is InChI=1S/C20H26N4O4.C8H19N/c1-26-18-10-15(11-19(27-2)20(18)28-3)23-13-24-16-6-5-14(12-25)9-17(16)22-8-4-7-21;1-5-7-9(4)8(3)6-2/h5-6,9-13,22H,4,7-8,21H2,1-3H3,(H,23,24);8H,5-7H2,1-4H3. The summed E-state index contributed by atoms with van der Waals surface area (Å²) < 4.78 is 16.0. The number of nitrogens with one attached hydrogen (secondary N) is 2. The Morgan fingerprint density at radius 2 is 1.76 bits per heavy atom. The molecular formula is C28H45N5O4. The van der Waals surface area contributed by atoms with Crippen LogP contribution in [0.25, 0.3) is 0 Å². The van der Waals surface area contributed by atoms with Gasteiger partial charge in [-0.3, -0.25) is 4.79 Å². The van der Waals surface area contributed by atoms with E-state index in [1.165, 1.54) is 19.4 Å². The lowest BCUT2D eigenvalue weighted by Crippen LogP contribution is -2.28. The van der Waals surface area contributed by atoms with Crippen LogP contribution in [0.4, 0.5) is 17.1 Å². The van der Waals surface area contributed by atoms with Crippen LogP contribution >= 0.6 is 0 Å². The molecule has 0 fully saturated rings. The van der Waals surface area contributed by atoms with Gasteiger partial charge in [-0.25, -0.2) is 4.99 Å². The van der Waals surface area contributed by atoms with Crippen LogP contribution < -0.4 is 30.6 Å². The van der Waals surface area contributed by atoms with Gasteiger partial charge in [0.15, 0.2) is 11.5 Å². The third kappa shape index (κ3) is 10.7. The molecule has 1 atom stereocenters. The van der Waals surface area contributed by atoms with Gasteiger partial charge in [-0.2, -0.15) is 0 Å². The fourth-order valence-corrected chi connectivity index (χ4v) is 3.43. The molecule has 0 aromatic heterocycles.